The molecule has 158 valence electrons. The second kappa shape index (κ2) is 8.07. The van der Waals surface area contributed by atoms with E-state index in [1.807, 2.05) is 26.1 Å². The fourth-order valence-electron chi connectivity index (χ4n) is 4.39. The lowest BCUT2D eigenvalue weighted by atomic mass is 9.93. The fraction of sp³-hybridized carbons (Fsp3) is 0.545. The van der Waals surface area contributed by atoms with Gasteiger partial charge in [0.1, 0.15) is 16.3 Å². The van der Waals surface area contributed by atoms with Gasteiger partial charge in [0, 0.05) is 24.9 Å². The fourth-order valence-corrected chi connectivity index (χ4v) is 5.50. The van der Waals surface area contributed by atoms with E-state index in [1.54, 1.807) is 11.3 Å². The highest BCUT2D eigenvalue weighted by Crippen LogP contribution is 2.38. The molecule has 5 rings (SSSR count). The van der Waals surface area contributed by atoms with E-state index >= 15 is 0 Å². The van der Waals surface area contributed by atoms with Crippen LogP contribution in [0.3, 0.4) is 0 Å². The van der Waals surface area contributed by atoms with Crippen LogP contribution in [0.2, 0.25) is 0 Å². The standard InChI is InChI=1S/C22H28N6OS/c1-12-18(21-27-19-13(2)23-9-8-17(19)30-21)20(25-16-7-6-14(10-16)11-29)28-22(24-12)26-15-4-3-5-15/h8-9,14-16,29H,3-7,10-11H2,1-2H3,(H2,24,25,26,28). The molecule has 0 radical (unpaired) electrons. The Morgan fingerprint density at radius 2 is 1.90 bits per heavy atom. The maximum atomic E-state index is 9.53. The van der Waals surface area contributed by atoms with Crippen molar-refractivity contribution >= 4 is 33.3 Å². The van der Waals surface area contributed by atoms with Crippen LogP contribution in [0.1, 0.15) is 49.9 Å². The highest BCUT2D eigenvalue weighted by atomic mass is 32.1. The highest BCUT2D eigenvalue weighted by Gasteiger charge is 2.27. The van der Waals surface area contributed by atoms with Gasteiger partial charge in [-0.15, -0.1) is 11.3 Å². The number of fused-ring (bicyclic) bond motifs is 1. The summed E-state index contributed by atoms with van der Waals surface area (Å²) in [5.41, 5.74) is 3.78. The lowest BCUT2D eigenvalue weighted by Crippen LogP contribution is -2.28. The van der Waals surface area contributed by atoms with Crippen molar-refractivity contribution in [3.63, 3.8) is 0 Å². The number of anilines is 2. The Balaban J connectivity index is 1.54. The van der Waals surface area contributed by atoms with Gasteiger partial charge < -0.3 is 15.7 Å². The number of aliphatic hydroxyl groups excluding tert-OH is 1. The first kappa shape index (κ1) is 19.6. The SMILES string of the molecule is Cc1nc(NC2CCC2)nc(NC2CCC(CO)C2)c1-c1nc2c(C)nccc2s1. The molecule has 0 saturated heterocycles. The summed E-state index contributed by atoms with van der Waals surface area (Å²) < 4.78 is 1.13. The number of hydrogen-bond donors (Lipinski definition) is 3. The molecule has 2 unspecified atom stereocenters. The van der Waals surface area contributed by atoms with Gasteiger partial charge >= 0.3 is 0 Å². The van der Waals surface area contributed by atoms with Crippen LogP contribution >= 0.6 is 11.3 Å². The number of rotatable bonds is 6. The van der Waals surface area contributed by atoms with Crippen molar-refractivity contribution < 1.29 is 5.11 Å². The Kier molecular flexibility index (Phi) is 5.28. The van der Waals surface area contributed by atoms with Crippen LogP contribution < -0.4 is 10.6 Å². The van der Waals surface area contributed by atoms with E-state index < -0.39 is 0 Å². The quantitative estimate of drug-likeness (QED) is 0.543. The Bertz CT molecular complexity index is 1060. The minimum Gasteiger partial charge on any atom is -0.396 e. The van der Waals surface area contributed by atoms with Crippen molar-refractivity contribution in [2.45, 2.75) is 64.5 Å². The summed E-state index contributed by atoms with van der Waals surface area (Å²) in [4.78, 5) is 19.0. The molecule has 2 atom stereocenters. The van der Waals surface area contributed by atoms with E-state index in [4.69, 9.17) is 15.0 Å². The van der Waals surface area contributed by atoms with Crippen LogP contribution in [0.5, 0.6) is 0 Å². The summed E-state index contributed by atoms with van der Waals surface area (Å²) in [5, 5.41) is 17.6. The van der Waals surface area contributed by atoms with Crippen LogP contribution in [-0.4, -0.2) is 43.7 Å². The van der Waals surface area contributed by atoms with Crippen molar-refractivity contribution in [3.8, 4) is 10.6 Å². The number of hydrogen-bond acceptors (Lipinski definition) is 8. The van der Waals surface area contributed by atoms with E-state index in [9.17, 15) is 5.11 Å². The van der Waals surface area contributed by atoms with Gasteiger partial charge in [-0.2, -0.15) is 4.98 Å². The lowest BCUT2D eigenvalue weighted by Gasteiger charge is -2.27. The first-order chi connectivity index (χ1) is 14.6. The third-order valence-electron chi connectivity index (χ3n) is 6.37. The zero-order valence-corrected chi connectivity index (χ0v) is 18.3. The summed E-state index contributed by atoms with van der Waals surface area (Å²) in [6.07, 6.45) is 8.52. The van der Waals surface area contributed by atoms with Gasteiger partial charge in [-0.3, -0.25) is 4.98 Å². The maximum absolute atomic E-state index is 9.53. The molecule has 0 aromatic carbocycles. The molecule has 30 heavy (non-hydrogen) atoms. The Hall–Kier alpha value is -2.32. The second-order valence-corrected chi connectivity index (χ2v) is 9.62. The maximum Gasteiger partial charge on any atom is 0.225 e. The Morgan fingerprint density at radius 1 is 1.03 bits per heavy atom. The van der Waals surface area contributed by atoms with Gasteiger partial charge in [0.15, 0.2) is 0 Å². The predicted octanol–water partition coefficient (Wildman–Crippen LogP) is 4.30. The molecule has 3 aromatic heterocycles. The van der Waals surface area contributed by atoms with E-state index in [-0.39, 0.29) is 6.61 Å². The molecule has 2 saturated carbocycles. The van der Waals surface area contributed by atoms with Crippen molar-refractivity contribution in [2.75, 3.05) is 17.2 Å². The molecule has 0 spiro atoms. The highest BCUT2D eigenvalue weighted by molar-refractivity contribution is 7.21. The molecule has 0 aliphatic heterocycles. The normalized spacial score (nSPS) is 21.7. The second-order valence-electron chi connectivity index (χ2n) is 8.59. The van der Waals surface area contributed by atoms with Gasteiger partial charge in [-0.25, -0.2) is 9.97 Å². The smallest absolute Gasteiger partial charge is 0.225 e. The van der Waals surface area contributed by atoms with Gasteiger partial charge in [0.2, 0.25) is 5.95 Å². The zero-order chi connectivity index (χ0) is 20.7. The molecule has 2 aliphatic rings. The van der Waals surface area contributed by atoms with Crippen molar-refractivity contribution in [1.29, 1.82) is 0 Å². The zero-order valence-electron chi connectivity index (χ0n) is 17.5. The lowest BCUT2D eigenvalue weighted by molar-refractivity contribution is 0.229. The first-order valence-electron chi connectivity index (χ1n) is 10.9. The number of pyridine rings is 1. The van der Waals surface area contributed by atoms with Crippen LogP contribution in [-0.2, 0) is 0 Å². The summed E-state index contributed by atoms with van der Waals surface area (Å²) in [6.45, 7) is 4.29. The molecule has 7 nitrogen and oxygen atoms in total. The van der Waals surface area contributed by atoms with Crippen molar-refractivity contribution in [2.24, 2.45) is 5.92 Å². The number of thiazole rings is 1. The summed E-state index contributed by atoms with van der Waals surface area (Å²) in [5.74, 6) is 1.91. The van der Waals surface area contributed by atoms with Gasteiger partial charge in [-0.1, -0.05) is 0 Å². The summed E-state index contributed by atoms with van der Waals surface area (Å²) in [7, 11) is 0. The Labute approximate surface area is 180 Å². The third kappa shape index (κ3) is 3.74. The van der Waals surface area contributed by atoms with Crippen molar-refractivity contribution in [1.82, 2.24) is 19.9 Å². The molecular weight excluding hydrogens is 396 g/mol. The molecule has 3 N–H and O–H groups in total. The predicted molar refractivity (Wildman–Crippen MR) is 121 cm³/mol. The molecule has 2 aliphatic carbocycles. The minimum absolute atomic E-state index is 0.256. The average molecular weight is 425 g/mol. The molecule has 2 fully saturated rings. The van der Waals surface area contributed by atoms with Crippen LogP contribution in [0.25, 0.3) is 20.8 Å². The number of aromatic nitrogens is 4. The topological polar surface area (TPSA) is 95.9 Å². The summed E-state index contributed by atoms with van der Waals surface area (Å²) >= 11 is 1.66. The molecule has 0 bridgehead atoms. The van der Waals surface area contributed by atoms with E-state index in [1.165, 1.54) is 19.3 Å². The van der Waals surface area contributed by atoms with Gasteiger partial charge in [-0.05, 0) is 64.4 Å². The van der Waals surface area contributed by atoms with E-state index in [2.05, 4.69) is 15.6 Å². The number of nitrogens with zero attached hydrogens (tertiary/aromatic N) is 4. The third-order valence-corrected chi connectivity index (χ3v) is 7.41. The molecule has 8 heteroatoms. The minimum atomic E-state index is 0.256. The molecular formula is C22H28N6OS. The number of aryl methyl sites for hydroxylation is 2. The Morgan fingerprint density at radius 3 is 2.60 bits per heavy atom. The first-order valence-corrected chi connectivity index (χ1v) is 11.7. The molecule has 0 amide bonds. The number of nitrogens with one attached hydrogen (secondary N) is 2. The largest absolute Gasteiger partial charge is 0.396 e. The average Bonchev–Trinajstić information content (AvgIpc) is 3.32. The van der Waals surface area contributed by atoms with Crippen molar-refractivity contribution in [3.05, 3.63) is 23.7 Å². The number of aliphatic hydroxyl groups is 1. The van der Waals surface area contributed by atoms with Gasteiger partial charge in [0.05, 0.1) is 21.7 Å². The van der Waals surface area contributed by atoms with Crippen LogP contribution in [0, 0.1) is 19.8 Å². The summed E-state index contributed by atoms with van der Waals surface area (Å²) in [6, 6.07) is 2.80. The van der Waals surface area contributed by atoms with Crippen LogP contribution in [0.15, 0.2) is 12.3 Å². The monoisotopic (exact) mass is 424 g/mol. The van der Waals surface area contributed by atoms with E-state index in [0.717, 1.165) is 57.3 Å². The molecule has 3 aromatic rings. The van der Waals surface area contributed by atoms with Gasteiger partial charge in [0.25, 0.3) is 0 Å². The van der Waals surface area contributed by atoms with Crippen LogP contribution in [0.4, 0.5) is 11.8 Å². The van der Waals surface area contributed by atoms with E-state index in [0.29, 0.717) is 23.9 Å². The molecule has 3 heterocycles.